The summed E-state index contributed by atoms with van der Waals surface area (Å²) >= 11 is 0. The number of aryl methyl sites for hydroxylation is 1. The van der Waals surface area contributed by atoms with Crippen molar-refractivity contribution >= 4 is 11.8 Å². The maximum absolute atomic E-state index is 11.7. The molecule has 1 aromatic carbocycles. The van der Waals surface area contributed by atoms with Crippen LogP contribution in [-0.4, -0.2) is 11.8 Å². The molecule has 0 atom stereocenters. The Bertz CT molecular complexity index is 413. The molecular formula is C15H22N2O2. The van der Waals surface area contributed by atoms with Crippen LogP contribution in [0.2, 0.25) is 0 Å². The summed E-state index contributed by atoms with van der Waals surface area (Å²) < 4.78 is 0. The van der Waals surface area contributed by atoms with E-state index in [1.165, 1.54) is 0 Å². The quantitative estimate of drug-likeness (QED) is 0.611. The summed E-state index contributed by atoms with van der Waals surface area (Å²) in [6, 6.07) is 7.19. The Morgan fingerprint density at radius 3 is 2.32 bits per heavy atom. The first-order valence-corrected chi connectivity index (χ1v) is 6.79. The fourth-order valence-corrected chi connectivity index (χ4v) is 1.68. The van der Waals surface area contributed by atoms with Crippen LogP contribution in [0.4, 0.5) is 0 Å². The van der Waals surface area contributed by atoms with E-state index in [1.54, 1.807) is 12.1 Å². The van der Waals surface area contributed by atoms with Crippen LogP contribution in [0, 0.1) is 6.92 Å². The van der Waals surface area contributed by atoms with Crippen LogP contribution < -0.4 is 10.9 Å². The number of amides is 2. The van der Waals surface area contributed by atoms with E-state index < -0.39 is 0 Å². The molecule has 0 heterocycles. The van der Waals surface area contributed by atoms with Crippen LogP contribution in [0.25, 0.3) is 0 Å². The zero-order valence-electron chi connectivity index (χ0n) is 11.7. The van der Waals surface area contributed by atoms with Gasteiger partial charge in [-0.15, -0.1) is 0 Å². The summed E-state index contributed by atoms with van der Waals surface area (Å²) in [7, 11) is 0. The molecule has 0 unspecified atom stereocenters. The fourth-order valence-electron chi connectivity index (χ4n) is 1.68. The molecule has 0 aliphatic heterocycles. The maximum Gasteiger partial charge on any atom is 0.269 e. The molecule has 4 heteroatoms. The van der Waals surface area contributed by atoms with Crippen molar-refractivity contribution in [3.8, 4) is 0 Å². The second-order valence-electron chi connectivity index (χ2n) is 4.68. The van der Waals surface area contributed by atoms with Crippen molar-refractivity contribution in [2.24, 2.45) is 0 Å². The number of hydrogen-bond acceptors (Lipinski definition) is 2. The van der Waals surface area contributed by atoms with Gasteiger partial charge in [0, 0.05) is 12.0 Å². The van der Waals surface area contributed by atoms with Crippen molar-refractivity contribution in [1.82, 2.24) is 10.9 Å². The highest BCUT2D eigenvalue weighted by Gasteiger charge is 2.06. The number of hydrazine groups is 1. The third-order valence-electron chi connectivity index (χ3n) is 2.89. The Hall–Kier alpha value is -1.84. The summed E-state index contributed by atoms with van der Waals surface area (Å²) in [6.45, 7) is 4.08. The lowest BCUT2D eigenvalue weighted by Crippen LogP contribution is -2.41. The summed E-state index contributed by atoms with van der Waals surface area (Å²) in [5, 5.41) is 0. The second-order valence-corrected chi connectivity index (χ2v) is 4.68. The molecule has 19 heavy (non-hydrogen) atoms. The predicted octanol–water partition coefficient (Wildman–Crippen LogP) is 2.73. The number of unbranched alkanes of at least 4 members (excludes halogenated alkanes) is 3. The zero-order chi connectivity index (χ0) is 14.1. The summed E-state index contributed by atoms with van der Waals surface area (Å²) in [6.07, 6.45) is 4.65. The van der Waals surface area contributed by atoms with Crippen LogP contribution >= 0.6 is 0 Å². The third kappa shape index (κ3) is 6.04. The van der Waals surface area contributed by atoms with Crippen molar-refractivity contribution in [3.63, 3.8) is 0 Å². The Labute approximate surface area is 114 Å². The zero-order valence-corrected chi connectivity index (χ0v) is 11.7. The standard InChI is InChI=1S/C15H22N2O2/c1-3-4-5-6-7-14(18)16-17-15(19)13-10-8-12(2)9-11-13/h8-11H,3-7H2,1-2H3,(H,16,18)(H,17,19). The first-order valence-electron chi connectivity index (χ1n) is 6.79. The molecule has 0 radical (unpaired) electrons. The Morgan fingerprint density at radius 1 is 1.00 bits per heavy atom. The second kappa shape index (κ2) is 8.29. The van der Waals surface area contributed by atoms with Crippen LogP contribution in [0.1, 0.15) is 54.9 Å². The number of rotatable bonds is 6. The highest BCUT2D eigenvalue weighted by Crippen LogP contribution is 2.03. The number of carbonyl (C=O) groups excluding carboxylic acids is 2. The van der Waals surface area contributed by atoms with E-state index in [0.29, 0.717) is 12.0 Å². The molecular weight excluding hydrogens is 240 g/mol. The summed E-state index contributed by atoms with van der Waals surface area (Å²) in [5.74, 6) is -0.432. The molecule has 2 N–H and O–H groups in total. The molecule has 0 aliphatic carbocycles. The van der Waals surface area contributed by atoms with Gasteiger partial charge in [0.1, 0.15) is 0 Å². The first-order chi connectivity index (χ1) is 9.13. The van der Waals surface area contributed by atoms with Crippen molar-refractivity contribution in [2.75, 3.05) is 0 Å². The van der Waals surface area contributed by atoms with Gasteiger partial charge < -0.3 is 0 Å². The number of hydrogen-bond donors (Lipinski definition) is 2. The molecule has 0 aliphatic rings. The van der Waals surface area contributed by atoms with Gasteiger partial charge in [-0.2, -0.15) is 0 Å². The van der Waals surface area contributed by atoms with E-state index in [9.17, 15) is 9.59 Å². The van der Waals surface area contributed by atoms with E-state index in [0.717, 1.165) is 31.2 Å². The minimum atomic E-state index is -0.290. The fraction of sp³-hybridized carbons (Fsp3) is 0.467. The molecule has 0 bridgehead atoms. The largest absolute Gasteiger partial charge is 0.273 e. The molecule has 0 saturated carbocycles. The van der Waals surface area contributed by atoms with Gasteiger partial charge in [0.05, 0.1) is 0 Å². The minimum Gasteiger partial charge on any atom is -0.273 e. The van der Waals surface area contributed by atoms with Crippen molar-refractivity contribution in [3.05, 3.63) is 35.4 Å². The normalized spacial score (nSPS) is 10.0. The van der Waals surface area contributed by atoms with Gasteiger partial charge in [0.2, 0.25) is 5.91 Å². The predicted molar refractivity (Wildman–Crippen MR) is 75.5 cm³/mol. The van der Waals surface area contributed by atoms with Crippen molar-refractivity contribution in [2.45, 2.75) is 46.0 Å². The van der Waals surface area contributed by atoms with E-state index in [-0.39, 0.29) is 11.8 Å². The summed E-state index contributed by atoms with van der Waals surface area (Å²) in [5.41, 5.74) is 6.49. The van der Waals surface area contributed by atoms with Gasteiger partial charge in [-0.1, -0.05) is 43.9 Å². The monoisotopic (exact) mass is 262 g/mol. The molecule has 104 valence electrons. The molecule has 0 aromatic heterocycles. The van der Waals surface area contributed by atoms with E-state index in [1.807, 2.05) is 19.1 Å². The average molecular weight is 262 g/mol. The smallest absolute Gasteiger partial charge is 0.269 e. The Morgan fingerprint density at radius 2 is 1.68 bits per heavy atom. The van der Waals surface area contributed by atoms with E-state index >= 15 is 0 Å². The lowest BCUT2D eigenvalue weighted by atomic mass is 10.1. The van der Waals surface area contributed by atoms with Gasteiger partial charge in [-0.05, 0) is 25.5 Å². The van der Waals surface area contributed by atoms with Crippen LogP contribution in [0.3, 0.4) is 0 Å². The van der Waals surface area contributed by atoms with Crippen LogP contribution in [0.15, 0.2) is 24.3 Å². The van der Waals surface area contributed by atoms with Crippen molar-refractivity contribution in [1.29, 1.82) is 0 Å². The lowest BCUT2D eigenvalue weighted by Gasteiger charge is -2.07. The van der Waals surface area contributed by atoms with Gasteiger partial charge in [0.15, 0.2) is 0 Å². The molecule has 0 saturated heterocycles. The lowest BCUT2D eigenvalue weighted by molar-refractivity contribution is -0.122. The average Bonchev–Trinajstić information content (AvgIpc) is 2.42. The van der Waals surface area contributed by atoms with Gasteiger partial charge >= 0.3 is 0 Å². The topological polar surface area (TPSA) is 58.2 Å². The van der Waals surface area contributed by atoms with Crippen molar-refractivity contribution < 1.29 is 9.59 Å². The molecule has 0 spiro atoms. The minimum absolute atomic E-state index is 0.142. The van der Waals surface area contributed by atoms with Gasteiger partial charge in [-0.25, -0.2) is 0 Å². The van der Waals surface area contributed by atoms with E-state index in [2.05, 4.69) is 17.8 Å². The molecule has 1 aromatic rings. The number of benzene rings is 1. The molecule has 2 amide bonds. The van der Waals surface area contributed by atoms with Crippen LogP contribution in [-0.2, 0) is 4.79 Å². The summed E-state index contributed by atoms with van der Waals surface area (Å²) in [4.78, 5) is 23.2. The Kier molecular flexibility index (Phi) is 6.64. The van der Waals surface area contributed by atoms with Crippen LogP contribution in [0.5, 0.6) is 0 Å². The van der Waals surface area contributed by atoms with E-state index in [4.69, 9.17) is 0 Å². The molecule has 1 rings (SSSR count). The highest BCUT2D eigenvalue weighted by atomic mass is 16.2. The third-order valence-corrected chi connectivity index (χ3v) is 2.89. The first kappa shape index (κ1) is 15.2. The number of nitrogens with one attached hydrogen (secondary N) is 2. The molecule has 0 fully saturated rings. The van der Waals surface area contributed by atoms with Gasteiger partial charge in [0.25, 0.3) is 5.91 Å². The Balaban J connectivity index is 2.26. The maximum atomic E-state index is 11.7. The number of carbonyl (C=O) groups is 2. The molecule has 4 nitrogen and oxygen atoms in total. The van der Waals surface area contributed by atoms with Gasteiger partial charge in [-0.3, -0.25) is 20.4 Å². The SMILES string of the molecule is CCCCCCC(=O)NNC(=O)c1ccc(C)cc1. The highest BCUT2D eigenvalue weighted by molar-refractivity contribution is 5.95.